The van der Waals surface area contributed by atoms with Crippen LogP contribution in [-0.2, 0) is 6.54 Å². The molecule has 7 nitrogen and oxygen atoms in total. The largest absolute Gasteiger partial charge is 0.493 e. The molecule has 1 N–H and O–H groups in total. The third-order valence-corrected chi connectivity index (χ3v) is 4.14. The average molecular weight is 373 g/mol. The number of benzene rings is 3. The molecule has 0 bridgehead atoms. The van der Waals surface area contributed by atoms with E-state index >= 15 is 0 Å². The van der Waals surface area contributed by atoms with Crippen LogP contribution in [0.15, 0.2) is 78.9 Å². The highest BCUT2D eigenvalue weighted by Gasteiger charge is 2.14. The zero-order valence-electron chi connectivity index (χ0n) is 15.3. The Labute approximate surface area is 162 Å². The first-order valence-corrected chi connectivity index (χ1v) is 8.81. The van der Waals surface area contributed by atoms with Gasteiger partial charge in [-0.05, 0) is 52.4 Å². The molecule has 0 unspecified atom stereocenters. The second-order valence-electron chi connectivity index (χ2n) is 6.02. The van der Waals surface area contributed by atoms with E-state index in [1.165, 1.54) is 4.68 Å². The van der Waals surface area contributed by atoms with Gasteiger partial charge in [0.2, 0.25) is 0 Å². The summed E-state index contributed by atoms with van der Waals surface area (Å²) >= 11 is 0. The van der Waals surface area contributed by atoms with Crippen molar-refractivity contribution in [1.82, 2.24) is 20.2 Å². The number of aromatic nitrogens is 4. The number of rotatable bonds is 7. The van der Waals surface area contributed by atoms with Crippen LogP contribution in [-0.4, -0.2) is 27.3 Å². The van der Waals surface area contributed by atoms with Crippen LogP contribution in [0.2, 0.25) is 0 Å². The van der Waals surface area contributed by atoms with Crippen LogP contribution in [0.5, 0.6) is 17.5 Å². The van der Waals surface area contributed by atoms with Crippen molar-refractivity contribution in [2.75, 3.05) is 12.4 Å². The molecule has 0 radical (unpaired) electrons. The van der Waals surface area contributed by atoms with Gasteiger partial charge in [0.1, 0.15) is 0 Å². The summed E-state index contributed by atoms with van der Waals surface area (Å²) in [5.74, 6) is 1.15. The van der Waals surface area contributed by atoms with E-state index in [1.54, 1.807) is 7.11 Å². The molecular weight excluding hydrogens is 354 g/mol. The molecule has 3 aromatic carbocycles. The molecule has 1 heterocycles. The highest BCUT2D eigenvalue weighted by atomic mass is 16.5. The Morgan fingerprint density at radius 2 is 1.64 bits per heavy atom. The van der Waals surface area contributed by atoms with Crippen LogP contribution in [0.4, 0.5) is 5.69 Å². The third kappa shape index (κ3) is 3.93. The van der Waals surface area contributed by atoms with Crippen molar-refractivity contribution in [2.45, 2.75) is 6.54 Å². The number of para-hydroxylation sites is 2. The van der Waals surface area contributed by atoms with Crippen molar-refractivity contribution in [3.63, 3.8) is 0 Å². The maximum absolute atomic E-state index is 5.93. The van der Waals surface area contributed by atoms with Crippen LogP contribution in [0.3, 0.4) is 0 Å². The van der Waals surface area contributed by atoms with Gasteiger partial charge in [0, 0.05) is 12.2 Å². The lowest BCUT2D eigenvalue weighted by molar-refractivity contribution is 0.363. The number of hydrogen-bond donors (Lipinski definition) is 1. The summed E-state index contributed by atoms with van der Waals surface area (Å²) in [6.07, 6.45) is 0. The average Bonchev–Trinajstić information content (AvgIpc) is 3.22. The lowest BCUT2D eigenvalue weighted by Gasteiger charge is -2.12. The fourth-order valence-corrected chi connectivity index (χ4v) is 2.74. The summed E-state index contributed by atoms with van der Waals surface area (Å²) in [6, 6.07) is 25.6. The zero-order chi connectivity index (χ0) is 19.2. The highest BCUT2D eigenvalue weighted by Crippen LogP contribution is 2.32. The van der Waals surface area contributed by atoms with Crippen LogP contribution >= 0.6 is 0 Å². The second-order valence-corrected chi connectivity index (χ2v) is 6.02. The van der Waals surface area contributed by atoms with E-state index in [-0.39, 0.29) is 6.01 Å². The van der Waals surface area contributed by atoms with E-state index in [0.717, 1.165) is 16.9 Å². The van der Waals surface area contributed by atoms with Gasteiger partial charge >= 0.3 is 6.01 Å². The quantitative estimate of drug-likeness (QED) is 0.526. The van der Waals surface area contributed by atoms with Crippen molar-refractivity contribution in [3.8, 4) is 23.2 Å². The molecule has 0 amide bonds. The summed E-state index contributed by atoms with van der Waals surface area (Å²) < 4.78 is 13.0. The van der Waals surface area contributed by atoms with Gasteiger partial charge in [0.05, 0.1) is 12.8 Å². The lowest BCUT2D eigenvalue weighted by Crippen LogP contribution is -2.02. The van der Waals surface area contributed by atoms with E-state index < -0.39 is 0 Å². The minimum Gasteiger partial charge on any atom is -0.493 e. The molecule has 0 aliphatic rings. The molecular formula is C21H19N5O2. The fraction of sp³-hybridized carbons (Fsp3) is 0.0952. The smallest absolute Gasteiger partial charge is 0.346 e. The number of tetrazole rings is 1. The summed E-state index contributed by atoms with van der Waals surface area (Å²) in [5, 5.41) is 15.1. The van der Waals surface area contributed by atoms with E-state index in [2.05, 4.69) is 20.8 Å². The normalized spacial score (nSPS) is 10.5. The maximum Gasteiger partial charge on any atom is 0.346 e. The molecule has 0 aliphatic carbocycles. The molecule has 28 heavy (non-hydrogen) atoms. The number of hydrogen-bond acceptors (Lipinski definition) is 6. The molecule has 4 rings (SSSR count). The number of nitrogens with zero attached hydrogens (tertiary/aromatic N) is 4. The van der Waals surface area contributed by atoms with Gasteiger partial charge in [-0.1, -0.05) is 47.6 Å². The number of ether oxygens (including phenoxy) is 2. The molecule has 0 saturated carbocycles. The lowest BCUT2D eigenvalue weighted by atomic mass is 10.2. The van der Waals surface area contributed by atoms with E-state index in [4.69, 9.17) is 9.47 Å². The van der Waals surface area contributed by atoms with E-state index in [0.29, 0.717) is 18.0 Å². The Morgan fingerprint density at radius 1 is 0.893 bits per heavy atom. The van der Waals surface area contributed by atoms with Crippen LogP contribution in [0.1, 0.15) is 5.56 Å². The van der Waals surface area contributed by atoms with Crippen LogP contribution in [0, 0.1) is 0 Å². The first kappa shape index (κ1) is 17.5. The van der Waals surface area contributed by atoms with Crippen LogP contribution < -0.4 is 14.8 Å². The van der Waals surface area contributed by atoms with Gasteiger partial charge in [-0.25, -0.2) is 0 Å². The fourth-order valence-electron chi connectivity index (χ4n) is 2.74. The van der Waals surface area contributed by atoms with Crippen molar-refractivity contribution < 1.29 is 9.47 Å². The molecule has 7 heteroatoms. The van der Waals surface area contributed by atoms with Gasteiger partial charge in [0.15, 0.2) is 11.5 Å². The Kier molecular flexibility index (Phi) is 5.15. The van der Waals surface area contributed by atoms with Gasteiger partial charge in [0.25, 0.3) is 0 Å². The molecule has 1 aromatic heterocycles. The summed E-state index contributed by atoms with van der Waals surface area (Å²) in [7, 11) is 1.61. The first-order valence-electron chi connectivity index (χ1n) is 8.81. The highest BCUT2D eigenvalue weighted by molar-refractivity contribution is 5.47. The minimum atomic E-state index is 0.264. The molecule has 4 aromatic rings. The Bertz CT molecular complexity index is 1040. The first-order chi connectivity index (χ1) is 13.8. The van der Waals surface area contributed by atoms with Gasteiger partial charge < -0.3 is 14.8 Å². The van der Waals surface area contributed by atoms with Crippen molar-refractivity contribution in [1.29, 1.82) is 0 Å². The van der Waals surface area contributed by atoms with Crippen molar-refractivity contribution in [2.24, 2.45) is 0 Å². The SMILES string of the molecule is COc1cc(CNc2ccccc2)ccc1Oc1nnnn1-c1ccccc1. The Hall–Kier alpha value is -3.87. The van der Waals surface area contributed by atoms with E-state index in [1.807, 2.05) is 78.9 Å². The molecule has 0 aliphatic heterocycles. The monoisotopic (exact) mass is 373 g/mol. The van der Waals surface area contributed by atoms with Crippen molar-refractivity contribution in [3.05, 3.63) is 84.4 Å². The van der Waals surface area contributed by atoms with Gasteiger partial charge in [-0.2, -0.15) is 4.68 Å². The zero-order valence-corrected chi connectivity index (χ0v) is 15.3. The second kappa shape index (κ2) is 8.22. The Morgan fingerprint density at radius 3 is 2.39 bits per heavy atom. The summed E-state index contributed by atoms with van der Waals surface area (Å²) in [6.45, 7) is 0.669. The van der Waals surface area contributed by atoms with Crippen LogP contribution in [0.25, 0.3) is 5.69 Å². The number of anilines is 1. The molecule has 0 spiro atoms. The Balaban J connectivity index is 1.52. The molecule has 0 atom stereocenters. The molecule has 140 valence electrons. The molecule has 0 fully saturated rings. The maximum atomic E-state index is 5.93. The minimum absolute atomic E-state index is 0.264. The number of methoxy groups -OCH3 is 1. The summed E-state index contributed by atoms with van der Waals surface area (Å²) in [5.41, 5.74) is 2.93. The third-order valence-electron chi connectivity index (χ3n) is 4.14. The van der Waals surface area contributed by atoms with Gasteiger partial charge in [-0.15, -0.1) is 0 Å². The summed E-state index contributed by atoms with van der Waals surface area (Å²) in [4.78, 5) is 0. The van der Waals surface area contributed by atoms with Crippen molar-refractivity contribution >= 4 is 5.69 Å². The molecule has 0 saturated heterocycles. The number of nitrogens with one attached hydrogen (secondary N) is 1. The standard InChI is InChI=1S/C21H19N5O2/c1-27-20-14-16(15-22-17-8-4-2-5-9-17)12-13-19(20)28-21-23-24-25-26(21)18-10-6-3-7-11-18/h2-14,22H,15H2,1H3. The predicted octanol–water partition coefficient (Wildman–Crippen LogP) is 4.08. The van der Waals surface area contributed by atoms with E-state index in [9.17, 15) is 0 Å². The topological polar surface area (TPSA) is 74.1 Å². The predicted molar refractivity (Wildman–Crippen MR) is 106 cm³/mol. The van der Waals surface area contributed by atoms with Gasteiger partial charge in [-0.3, -0.25) is 0 Å².